The third-order valence-electron chi connectivity index (χ3n) is 3.79. The summed E-state index contributed by atoms with van der Waals surface area (Å²) in [6.07, 6.45) is 0.0758. The smallest absolute Gasteiger partial charge is 0.194 e. The Morgan fingerprint density at radius 3 is 3.16 bits per heavy atom. The summed E-state index contributed by atoms with van der Waals surface area (Å²) in [5, 5.41) is 5.11. The molecule has 0 bridgehead atoms. The Morgan fingerprint density at radius 2 is 2.40 bits per heavy atom. The van der Waals surface area contributed by atoms with Gasteiger partial charge in [-0.05, 0) is 18.2 Å². The topological polar surface area (TPSA) is 59.0 Å². The Balaban J connectivity index is 0.00000225. The van der Waals surface area contributed by atoms with Gasteiger partial charge in [0.1, 0.15) is 5.01 Å². The summed E-state index contributed by atoms with van der Waals surface area (Å²) >= 11 is 7.68. The van der Waals surface area contributed by atoms with Gasteiger partial charge in [0.2, 0.25) is 0 Å². The van der Waals surface area contributed by atoms with Crippen molar-refractivity contribution in [2.24, 2.45) is 4.99 Å². The lowest BCUT2D eigenvalue weighted by Crippen LogP contribution is -2.51. The van der Waals surface area contributed by atoms with E-state index in [2.05, 4.69) is 20.2 Å². The minimum Gasteiger partial charge on any atom is -0.382 e. The number of guanidine groups is 1. The average molecular weight is 497 g/mol. The molecule has 1 aromatic heterocycles. The Kier molecular flexibility index (Phi) is 8.14. The van der Waals surface area contributed by atoms with Crippen molar-refractivity contribution in [2.45, 2.75) is 12.6 Å². The standard InChI is InChI=1S/C16H21ClN4O2S.HI/c1-18-16(21-5-6-23-12(9-21)10-22-2)19-8-15-20-13-7-11(17)3-4-14(13)24-15;/h3-4,7,12H,5-6,8-10H2,1-2H3,(H,18,19);1H. The summed E-state index contributed by atoms with van der Waals surface area (Å²) in [7, 11) is 3.48. The molecule has 2 heterocycles. The van der Waals surface area contributed by atoms with Crippen LogP contribution in [-0.4, -0.2) is 62.4 Å². The van der Waals surface area contributed by atoms with Crippen LogP contribution in [0.1, 0.15) is 5.01 Å². The molecule has 0 spiro atoms. The van der Waals surface area contributed by atoms with Gasteiger partial charge in [0.15, 0.2) is 5.96 Å². The number of halogens is 2. The molecule has 6 nitrogen and oxygen atoms in total. The van der Waals surface area contributed by atoms with Gasteiger partial charge < -0.3 is 19.7 Å². The molecule has 0 radical (unpaired) electrons. The van der Waals surface area contributed by atoms with Crippen LogP contribution in [0, 0.1) is 0 Å². The summed E-state index contributed by atoms with van der Waals surface area (Å²) in [5.74, 6) is 0.858. The van der Waals surface area contributed by atoms with E-state index in [-0.39, 0.29) is 30.1 Å². The third kappa shape index (κ3) is 5.40. The summed E-state index contributed by atoms with van der Waals surface area (Å²) in [5.41, 5.74) is 0.936. The molecule has 138 valence electrons. The molecule has 1 atom stereocenters. The molecule has 0 amide bonds. The molecule has 1 aliphatic rings. The predicted molar refractivity (Wildman–Crippen MR) is 113 cm³/mol. The summed E-state index contributed by atoms with van der Waals surface area (Å²) in [6, 6.07) is 5.79. The third-order valence-corrected chi connectivity index (χ3v) is 5.07. The Hall–Kier alpha value is -0.680. The van der Waals surface area contributed by atoms with E-state index >= 15 is 0 Å². The maximum atomic E-state index is 6.02. The molecule has 0 saturated carbocycles. The molecular weight excluding hydrogens is 475 g/mol. The molecule has 3 rings (SSSR count). The van der Waals surface area contributed by atoms with Gasteiger partial charge in [0, 0.05) is 32.3 Å². The largest absolute Gasteiger partial charge is 0.382 e. The fraction of sp³-hybridized carbons (Fsp3) is 0.500. The molecule has 2 aromatic rings. The van der Waals surface area contributed by atoms with Gasteiger partial charge >= 0.3 is 0 Å². The second kappa shape index (κ2) is 9.86. The Bertz CT molecular complexity index is 725. The molecule has 0 aliphatic carbocycles. The van der Waals surface area contributed by atoms with Crippen LogP contribution in [0.2, 0.25) is 5.02 Å². The van der Waals surface area contributed by atoms with E-state index < -0.39 is 0 Å². The van der Waals surface area contributed by atoms with Crippen LogP contribution >= 0.6 is 46.9 Å². The lowest BCUT2D eigenvalue weighted by atomic mass is 10.3. The first-order valence-corrected chi connectivity index (χ1v) is 9.00. The van der Waals surface area contributed by atoms with Crippen LogP contribution in [0.4, 0.5) is 0 Å². The van der Waals surface area contributed by atoms with Gasteiger partial charge in [0.05, 0.1) is 36.1 Å². The lowest BCUT2D eigenvalue weighted by molar-refractivity contribution is -0.0447. The molecular formula is C16H22ClIN4O2S. The van der Waals surface area contributed by atoms with E-state index in [1.54, 1.807) is 25.5 Å². The molecule has 1 fully saturated rings. The summed E-state index contributed by atoms with van der Waals surface area (Å²) in [6.45, 7) is 3.48. The van der Waals surface area contributed by atoms with Crippen molar-refractivity contribution < 1.29 is 9.47 Å². The van der Waals surface area contributed by atoms with E-state index in [1.165, 1.54) is 0 Å². The SMILES string of the molecule is CN=C(NCc1nc2cc(Cl)ccc2s1)N1CCOC(COC)C1.I. The first kappa shape index (κ1) is 20.6. The zero-order valence-corrected chi connectivity index (χ0v) is 18.1. The molecule has 25 heavy (non-hydrogen) atoms. The number of hydrogen-bond donors (Lipinski definition) is 1. The number of nitrogens with one attached hydrogen (secondary N) is 1. The highest BCUT2D eigenvalue weighted by Crippen LogP contribution is 2.24. The number of benzene rings is 1. The average Bonchev–Trinajstić information content (AvgIpc) is 2.98. The number of fused-ring (bicyclic) bond motifs is 1. The highest BCUT2D eigenvalue weighted by molar-refractivity contribution is 14.0. The minimum atomic E-state index is 0. The quantitative estimate of drug-likeness (QED) is 0.401. The van der Waals surface area contributed by atoms with Crippen LogP contribution in [0.25, 0.3) is 10.2 Å². The first-order chi connectivity index (χ1) is 11.7. The van der Waals surface area contributed by atoms with E-state index in [4.69, 9.17) is 21.1 Å². The van der Waals surface area contributed by atoms with Gasteiger partial charge in [-0.15, -0.1) is 35.3 Å². The number of nitrogens with zero attached hydrogens (tertiary/aromatic N) is 3. The van der Waals surface area contributed by atoms with Crippen molar-refractivity contribution in [3.05, 3.63) is 28.2 Å². The minimum absolute atomic E-state index is 0. The van der Waals surface area contributed by atoms with Crippen molar-refractivity contribution in [2.75, 3.05) is 40.5 Å². The van der Waals surface area contributed by atoms with Crippen LogP contribution in [0.15, 0.2) is 23.2 Å². The number of rotatable bonds is 4. The second-order valence-electron chi connectivity index (χ2n) is 5.51. The van der Waals surface area contributed by atoms with E-state index in [0.29, 0.717) is 24.8 Å². The predicted octanol–water partition coefficient (Wildman–Crippen LogP) is 2.99. The number of ether oxygens (including phenoxy) is 2. The molecule has 1 unspecified atom stereocenters. The molecule has 1 aliphatic heterocycles. The van der Waals surface area contributed by atoms with Crippen molar-refractivity contribution in [3.8, 4) is 0 Å². The molecule has 1 N–H and O–H groups in total. The molecule has 1 saturated heterocycles. The van der Waals surface area contributed by atoms with Crippen LogP contribution < -0.4 is 5.32 Å². The highest BCUT2D eigenvalue weighted by Gasteiger charge is 2.22. The van der Waals surface area contributed by atoms with Crippen LogP contribution in [0.5, 0.6) is 0 Å². The zero-order chi connectivity index (χ0) is 16.9. The lowest BCUT2D eigenvalue weighted by Gasteiger charge is -2.34. The number of aliphatic imine (C=N–C) groups is 1. The zero-order valence-electron chi connectivity index (χ0n) is 14.2. The van der Waals surface area contributed by atoms with Crippen molar-refractivity contribution >= 4 is 63.1 Å². The van der Waals surface area contributed by atoms with E-state index in [1.807, 2.05) is 18.2 Å². The van der Waals surface area contributed by atoms with Gasteiger partial charge in [-0.25, -0.2) is 4.98 Å². The van der Waals surface area contributed by atoms with Gasteiger partial charge in [0.25, 0.3) is 0 Å². The van der Waals surface area contributed by atoms with Crippen molar-refractivity contribution in [3.63, 3.8) is 0 Å². The number of morpholine rings is 1. The van der Waals surface area contributed by atoms with E-state index in [0.717, 1.165) is 34.3 Å². The number of thiazole rings is 1. The number of aromatic nitrogens is 1. The monoisotopic (exact) mass is 496 g/mol. The maximum Gasteiger partial charge on any atom is 0.194 e. The van der Waals surface area contributed by atoms with E-state index in [9.17, 15) is 0 Å². The Morgan fingerprint density at radius 1 is 1.56 bits per heavy atom. The van der Waals surface area contributed by atoms with Crippen LogP contribution in [-0.2, 0) is 16.0 Å². The number of methoxy groups -OCH3 is 1. The Labute approximate surface area is 173 Å². The van der Waals surface area contributed by atoms with Crippen molar-refractivity contribution in [1.29, 1.82) is 0 Å². The number of hydrogen-bond acceptors (Lipinski definition) is 5. The molecule has 1 aromatic carbocycles. The first-order valence-electron chi connectivity index (χ1n) is 7.80. The normalized spacial score (nSPS) is 18.3. The second-order valence-corrected chi connectivity index (χ2v) is 7.07. The maximum absolute atomic E-state index is 6.02. The highest BCUT2D eigenvalue weighted by atomic mass is 127. The van der Waals surface area contributed by atoms with Gasteiger partial charge in [-0.3, -0.25) is 4.99 Å². The van der Waals surface area contributed by atoms with Crippen molar-refractivity contribution in [1.82, 2.24) is 15.2 Å². The van der Waals surface area contributed by atoms with Gasteiger partial charge in [-0.1, -0.05) is 11.6 Å². The van der Waals surface area contributed by atoms with Gasteiger partial charge in [-0.2, -0.15) is 0 Å². The fourth-order valence-electron chi connectivity index (χ4n) is 2.71. The fourth-order valence-corrected chi connectivity index (χ4v) is 3.76. The summed E-state index contributed by atoms with van der Waals surface area (Å²) < 4.78 is 12.0. The van der Waals surface area contributed by atoms with Crippen LogP contribution in [0.3, 0.4) is 0 Å². The molecule has 9 heteroatoms. The summed E-state index contributed by atoms with van der Waals surface area (Å²) in [4.78, 5) is 11.2.